The molecule has 1 aromatic rings. The maximum Gasteiger partial charge on any atom is 0.132 e. The molecular formula is C17H23NOS. The molecule has 1 aliphatic carbocycles. The van der Waals surface area contributed by atoms with Gasteiger partial charge in [0, 0.05) is 22.6 Å². The van der Waals surface area contributed by atoms with Gasteiger partial charge in [0.05, 0.1) is 0 Å². The molecule has 2 nitrogen and oxygen atoms in total. The molecule has 2 rings (SSSR count). The molecule has 108 valence electrons. The Morgan fingerprint density at radius 1 is 1.45 bits per heavy atom. The largest absolute Gasteiger partial charge is 0.327 e. The van der Waals surface area contributed by atoms with Crippen molar-refractivity contribution in [3.05, 3.63) is 43.0 Å². The van der Waals surface area contributed by atoms with Crippen LogP contribution in [0.2, 0.25) is 0 Å². The van der Waals surface area contributed by atoms with Crippen LogP contribution >= 0.6 is 11.8 Å². The lowest BCUT2D eigenvalue weighted by Crippen LogP contribution is -2.34. The number of ketones is 1. The van der Waals surface area contributed by atoms with Gasteiger partial charge < -0.3 is 5.73 Å². The maximum absolute atomic E-state index is 11.6. The summed E-state index contributed by atoms with van der Waals surface area (Å²) in [5.41, 5.74) is 6.38. The van der Waals surface area contributed by atoms with Crippen molar-refractivity contribution in [2.45, 2.75) is 30.7 Å². The van der Waals surface area contributed by atoms with E-state index < -0.39 is 0 Å². The molecule has 2 N–H and O–H groups in total. The summed E-state index contributed by atoms with van der Waals surface area (Å²) in [6.45, 7) is 5.61. The Hall–Kier alpha value is -1.06. The van der Waals surface area contributed by atoms with Gasteiger partial charge in [-0.3, -0.25) is 4.79 Å². The van der Waals surface area contributed by atoms with Gasteiger partial charge >= 0.3 is 0 Å². The maximum atomic E-state index is 11.6. The van der Waals surface area contributed by atoms with E-state index in [0.29, 0.717) is 17.6 Å². The lowest BCUT2D eigenvalue weighted by Gasteiger charge is -2.23. The lowest BCUT2D eigenvalue weighted by molar-refractivity contribution is -0.120. The van der Waals surface area contributed by atoms with Crippen LogP contribution in [-0.2, 0) is 4.79 Å². The van der Waals surface area contributed by atoms with Gasteiger partial charge in [-0.25, -0.2) is 0 Å². The van der Waals surface area contributed by atoms with E-state index in [0.717, 1.165) is 18.6 Å². The Kier molecular flexibility index (Phi) is 5.44. The summed E-state index contributed by atoms with van der Waals surface area (Å²) in [7, 11) is 0. The van der Waals surface area contributed by atoms with Gasteiger partial charge in [0.15, 0.2) is 0 Å². The zero-order valence-electron chi connectivity index (χ0n) is 12.0. The molecule has 1 aliphatic rings. The monoisotopic (exact) mass is 289 g/mol. The van der Waals surface area contributed by atoms with Gasteiger partial charge in [-0.2, -0.15) is 0 Å². The van der Waals surface area contributed by atoms with Crippen LogP contribution in [0, 0.1) is 17.8 Å². The van der Waals surface area contributed by atoms with Crippen LogP contribution in [0.25, 0.3) is 0 Å². The summed E-state index contributed by atoms with van der Waals surface area (Å²) in [4.78, 5) is 12.8. The number of hydrogen-bond acceptors (Lipinski definition) is 3. The Morgan fingerprint density at radius 2 is 2.15 bits per heavy atom. The summed E-state index contributed by atoms with van der Waals surface area (Å²) in [5, 5.41) is 0. The number of thioether (sulfide) groups is 1. The summed E-state index contributed by atoms with van der Waals surface area (Å²) in [6, 6.07) is 10.4. The fraction of sp³-hybridized carbons (Fsp3) is 0.471. The minimum Gasteiger partial charge on any atom is -0.327 e. The fourth-order valence-corrected chi connectivity index (χ4v) is 4.01. The van der Waals surface area contributed by atoms with Crippen LogP contribution in [-0.4, -0.2) is 17.6 Å². The van der Waals surface area contributed by atoms with Crippen molar-refractivity contribution in [2.24, 2.45) is 23.5 Å². The lowest BCUT2D eigenvalue weighted by atomic mass is 9.90. The standard InChI is InChI=1S/C17H23NOS/c1-3-13-9-14(12(2)19)10-16(13)17(18)11-20-15-7-5-4-6-8-15/h3-8,13-14,16-17H,1,9-11,18H2,2H3/t13-,14+,16?,17?/m1/s1. The molecule has 20 heavy (non-hydrogen) atoms. The van der Waals surface area contributed by atoms with E-state index in [1.54, 1.807) is 18.7 Å². The van der Waals surface area contributed by atoms with Crippen molar-refractivity contribution < 1.29 is 4.79 Å². The summed E-state index contributed by atoms with van der Waals surface area (Å²) in [5.74, 6) is 2.13. The molecule has 1 fully saturated rings. The van der Waals surface area contributed by atoms with Gasteiger partial charge in [0.2, 0.25) is 0 Å². The first-order valence-electron chi connectivity index (χ1n) is 7.18. The van der Waals surface area contributed by atoms with Crippen LogP contribution in [0.4, 0.5) is 0 Å². The first kappa shape index (κ1) is 15.3. The van der Waals surface area contributed by atoms with E-state index in [9.17, 15) is 4.79 Å². The molecule has 3 heteroatoms. The summed E-state index contributed by atoms with van der Waals surface area (Å²) in [6.07, 6.45) is 3.83. The van der Waals surface area contributed by atoms with Gasteiger partial charge in [0.1, 0.15) is 5.78 Å². The molecule has 0 aliphatic heterocycles. The summed E-state index contributed by atoms with van der Waals surface area (Å²) >= 11 is 1.79. The number of Topliss-reactive ketones (excluding diaryl/α,β-unsaturated/α-hetero) is 1. The molecular weight excluding hydrogens is 266 g/mol. The molecule has 2 unspecified atom stereocenters. The van der Waals surface area contributed by atoms with Crippen LogP contribution in [0.1, 0.15) is 19.8 Å². The number of hydrogen-bond donors (Lipinski definition) is 1. The molecule has 0 amide bonds. The highest BCUT2D eigenvalue weighted by Gasteiger charge is 2.37. The third-order valence-corrected chi connectivity index (χ3v) is 5.43. The smallest absolute Gasteiger partial charge is 0.132 e. The second-order valence-corrected chi connectivity index (χ2v) is 6.72. The normalized spacial score (nSPS) is 27.2. The van der Waals surface area contributed by atoms with Crippen molar-refractivity contribution >= 4 is 17.5 Å². The van der Waals surface area contributed by atoms with Crippen molar-refractivity contribution in [2.75, 3.05) is 5.75 Å². The van der Waals surface area contributed by atoms with E-state index in [1.165, 1.54) is 4.90 Å². The highest BCUT2D eigenvalue weighted by Crippen LogP contribution is 2.40. The molecule has 4 atom stereocenters. The zero-order valence-corrected chi connectivity index (χ0v) is 12.8. The van der Waals surface area contributed by atoms with Crippen LogP contribution in [0.15, 0.2) is 47.9 Å². The van der Waals surface area contributed by atoms with Crippen molar-refractivity contribution in [1.82, 2.24) is 0 Å². The molecule has 0 saturated heterocycles. The second kappa shape index (κ2) is 7.09. The number of allylic oxidation sites excluding steroid dienone is 1. The zero-order chi connectivity index (χ0) is 14.5. The van der Waals surface area contributed by atoms with Gasteiger partial charge in [0.25, 0.3) is 0 Å². The minimum atomic E-state index is 0.118. The number of rotatable bonds is 6. The third-order valence-electron chi connectivity index (χ3n) is 4.28. The Balaban J connectivity index is 1.92. The molecule has 1 aromatic carbocycles. The van der Waals surface area contributed by atoms with Crippen molar-refractivity contribution in [1.29, 1.82) is 0 Å². The molecule has 0 spiro atoms. The van der Waals surface area contributed by atoms with Crippen LogP contribution in [0.3, 0.4) is 0 Å². The van der Waals surface area contributed by atoms with E-state index >= 15 is 0 Å². The highest BCUT2D eigenvalue weighted by molar-refractivity contribution is 7.99. The third kappa shape index (κ3) is 3.74. The molecule has 1 saturated carbocycles. The van der Waals surface area contributed by atoms with E-state index in [1.807, 2.05) is 24.3 Å². The summed E-state index contributed by atoms with van der Waals surface area (Å²) < 4.78 is 0. The van der Waals surface area contributed by atoms with E-state index in [-0.39, 0.29) is 12.0 Å². The SMILES string of the molecule is C=C[C@@H]1C[C@H](C(C)=O)CC1C(N)CSc1ccccc1. The number of carbonyl (C=O) groups excluding carboxylic acids is 1. The average Bonchev–Trinajstić information content (AvgIpc) is 2.90. The minimum absolute atomic E-state index is 0.118. The molecule has 0 aromatic heterocycles. The molecule has 0 bridgehead atoms. The van der Waals surface area contributed by atoms with E-state index in [4.69, 9.17) is 5.73 Å². The predicted octanol–water partition coefficient (Wildman–Crippen LogP) is 3.52. The number of carbonyl (C=O) groups is 1. The fourth-order valence-electron chi connectivity index (χ4n) is 3.03. The number of benzene rings is 1. The van der Waals surface area contributed by atoms with Crippen LogP contribution < -0.4 is 5.73 Å². The van der Waals surface area contributed by atoms with Gasteiger partial charge in [-0.1, -0.05) is 24.3 Å². The molecule has 0 radical (unpaired) electrons. The molecule has 0 heterocycles. The number of nitrogens with two attached hydrogens (primary N) is 1. The Bertz CT molecular complexity index is 459. The Labute approximate surface area is 125 Å². The topological polar surface area (TPSA) is 43.1 Å². The van der Waals surface area contributed by atoms with Gasteiger partial charge in [-0.05, 0) is 43.7 Å². The second-order valence-electron chi connectivity index (χ2n) is 5.63. The highest BCUT2D eigenvalue weighted by atomic mass is 32.2. The Morgan fingerprint density at radius 3 is 2.75 bits per heavy atom. The van der Waals surface area contributed by atoms with Crippen LogP contribution in [0.5, 0.6) is 0 Å². The quantitative estimate of drug-likeness (QED) is 0.643. The van der Waals surface area contributed by atoms with Crippen molar-refractivity contribution in [3.63, 3.8) is 0 Å². The van der Waals surface area contributed by atoms with Crippen molar-refractivity contribution in [3.8, 4) is 0 Å². The first-order valence-corrected chi connectivity index (χ1v) is 8.16. The predicted molar refractivity (Wildman–Crippen MR) is 85.7 cm³/mol. The first-order chi connectivity index (χ1) is 9.61. The van der Waals surface area contributed by atoms with Gasteiger partial charge in [-0.15, -0.1) is 18.3 Å². The average molecular weight is 289 g/mol. The van der Waals surface area contributed by atoms with E-state index in [2.05, 4.69) is 18.7 Å².